The molecule has 0 saturated heterocycles. The van der Waals surface area contributed by atoms with Crippen molar-refractivity contribution in [2.24, 2.45) is 0 Å². The largest absolute Gasteiger partial charge is 0.494 e. The van der Waals surface area contributed by atoms with E-state index in [0.717, 1.165) is 70.1 Å². The first-order chi connectivity index (χ1) is 17.5. The average Bonchev–Trinajstić information content (AvgIpc) is 3.44. The Bertz CT molecular complexity index is 1220. The second-order valence-electron chi connectivity index (χ2n) is 8.91. The Kier molecular flexibility index (Phi) is 8.49. The van der Waals surface area contributed by atoms with Crippen LogP contribution in [0.15, 0.2) is 48.8 Å². The third-order valence-corrected chi connectivity index (χ3v) is 6.09. The van der Waals surface area contributed by atoms with Gasteiger partial charge in [-0.15, -0.1) is 0 Å². The van der Waals surface area contributed by atoms with Crippen molar-refractivity contribution in [3.05, 3.63) is 59.9 Å². The van der Waals surface area contributed by atoms with Gasteiger partial charge in [0.2, 0.25) is 11.8 Å². The third kappa shape index (κ3) is 6.81. The Balaban J connectivity index is 1.21. The molecule has 2 aromatic carbocycles. The highest BCUT2D eigenvalue weighted by Crippen LogP contribution is 2.25. The zero-order valence-electron chi connectivity index (χ0n) is 20.9. The quantitative estimate of drug-likeness (QED) is 0.210. The van der Waals surface area contributed by atoms with Crippen molar-refractivity contribution in [3.63, 3.8) is 0 Å². The molecule has 2 heterocycles. The molecule has 8 heteroatoms. The molecule has 4 N–H and O–H groups in total. The van der Waals surface area contributed by atoms with Crippen LogP contribution in [0.1, 0.15) is 37.8 Å². The molecule has 0 aliphatic heterocycles. The summed E-state index contributed by atoms with van der Waals surface area (Å²) in [6.45, 7) is 5.52. The van der Waals surface area contributed by atoms with E-state index < -0.39 is 0 Å². The van der Waals surface area contributed by atoms with E-state index in [-0.39, 0.29) is 11.8 Å². The number of aromatic amines is 2. The van der Waals surface area contributed by atoms with Crippen LogP contribution in [0.3, 0.4) is 0 Å². The minimum absolute atomic E-state index is 0.0173. The van der Waals surface area contributed by atoms with Gasteiger partial charge in [0.25, 0.3) is 0 Å². The number of amides is 2. The van der Waals surface area contributed by atoms with Gasteiger partial charge in [-0.25, -0.2) is 0 Å². The van der Waals surface area contributed by atoms with Crippen LogP contribution in [0.4, 0.5) is 0 Å². The van der Waals surface area contributed by atoms with Crippen molar-refractivity contribution in [2.45, 2.75) is 39.5 Å². The third-order valence-electron chi connectivity index (χ3n) is 6.09. The minimum atomic E-state index is -0.0173. The van der Waals surface area contributed by atoms with Crippen molar-refractivity contribution in [2.75, 3.05) is 26.3 Å². The molecule has 0 spiro atoms. The molecule has 36 heavy (non-hydrogen) atoms. The lowest BCUT2D eigenvalue weighted by molar-refractivity contribution is -0.119. The first-order valence-electron chi connectivity index (χ1n) is 12.4. The molecule has 2 amide bonds. The summed E-state index contributed by atoms with van der Waals surface area (Å²) in [4.78, 5) is 28.8. The van der Waals surface area contributed by atoms with Gasteiger partial charge in [0.05, 0.1) is 13.2 Å². The van der Waals surface area contributed by atoms with E-state index in [2.05, 4.69) is 32.7 Å². The number of carbonyl (C=O) groups is 2. The van der Waals surface area contributed by atoms with Crippen molar-refractivity contribution >= 4 is 33.6 Å². The smallest absolute Gasteiger partial charge is 0.216 e. The number of rotatable bonds is 13. The number of ether oxygens (including phenoxy) is 2. The molecule has 0 radical (unpaired) electrons. The maximum absolute atomic E-state index is 11.1. The number of benzene rings is 2. The van der Waals surface area contributed by atoms with E-state index in [1.807, 2.05) is 36.7 Å². The Morgan fingerprint density at radius 2 is 1.17 bits per heavy atom. The van der Waals surface area contributed by atoms with Crippen LogP contribution in [0.2, 0.25) is 0 Å². The first-order valence-corrected chi connectivity index (χ1v) is 12.4. The van der Waals surface area contributed by atoms with Gasteiger partial charge in [0, 0.05) is 61.1 Å². The zero-order chi connectivity index (χ0) is 25.3. The second kappa shape index (κ2) is 12.2. The van der Waals surface area contributed by atoms with E-state index >= 15 is 0 Å². The van der Waals surface area contributed by atoms with E-state index in [9.17, 15) is 9.59 Å². The molecule has 8 nitrogen and oxygen atoms in total. The van der Waals surface area contributed by atoms with Gasteiger partial charge in [0.1, 0.15) is 11.5 Å². The van der Waals surface area contributed by atoms with Crippen LogP contribution >= 0.6 is 0 Å². The summed E-state index contributed by atoms with van der Waals surface area (Å²) in [6, 6.07) is 12.1. The predicted octanol–water partition coefficient (Wildman–Crippen LogP) is 4.24. The van der Waals surface area contributed by atoms with E-state index in [1.54, 1.807) is 0 Å². The van der Waals surface area contributed by atoms with Gasteiger partial charge in [-0.05, 0) is 73.2 Å². The topological polar surface area (TPSA) is 108 Å². The van der Waals surface area contributed by atoms with Gasteiger partial charge in [0.15, 0.2) is 0 Å². The van der Waals surface area contributed by atoms with Crippen molar-refractivity contribution in [1.82, 2.24) is 20.6 Å². The number of hydrogen-bond acceptors (Lipinski definition) is 4. The number of nitrogens with one attached hydrogen (secondary N) is 4. The Morgan fingerprint density at radius 3 is 1.58 bits per heavy atom. The lowest BCUT2D eigenvalue weighted by atomic mass is 10.1. The fourth-order valence-corrected chi connectivity index (χ4v) is 4.24. The highest BCUT2D eigenvalue weighted by Gasteiger charge is 2.07. The van der Waals surface area contributed by atoms with Crippen molar-refractivity contribution in [1.29, 1.82) is 0 Å². The second-order valence-corrected chi connectivity index (χ2v) is 8.91. The van der Waals surface area contributed by atoms with Gasteiger partial charge in [-0.2, -0.15) is 0 Å². The van der Waals surface area contributed by atoms with Crippen LogP contribution in [0.5, 0.6) is 11.5 Å². The number of hydrogen-bond donors (Lipinski definition) is 4. The monoisotopic (exact) mass is 490 g/mol. The molecule has 0 atom stereocenters. The number of aromatic nitrogens is 2. The van der Waals surface area contributed by atoms with E-state index in [4.69, 9.17) is 9.47 Å². The van der Waals surface area contributed by atoms with Crippen LogP contribution < -0.4 is 20.1 Å². The number of H-pyrrole nitrogens is 2. The molecule has 0 fully saturated rings. The van der Waals surface area contributed by atoms with Crippen LogP contribution in [0, 0.1) is 0 Å². The van der Waals surface area contributed by atoms with Crippen LogP contribution in [-0.2, 0) is 22.4 Å². The van der Waals surface area contributed by atoms with Gasteiger partial charge >= 0.3 is 0 Å². The highest BCUT2D eigenvalue weighted by atomic mass is 16.5. The number of unbranched alkanes of at least 4 members (excludes halogenated alkanes) is 1. The summed E-state index contributed by atoms with van der Waals surface area (Å²) in [5.41, 5.74) is 4.45. The molecule has 2 aromatic heterocycles. The summed E-state index contributed by atoms with van der Waals surface area (Å²) in [5, 5.41) is 7.92. The summed E-state index contributed by atoms with van der Waals surface area (Å²) < 4.78 is 12.0. The van der Waals surface area contributed by atoms with Crippen molar-refractivity contribution < 1.29 is 19.1 Å². The Hall–Kier alpha value is -3.94. The van der Waals surface area contributed by atoms with Gasteiger partial charge in [-0.3, -0.25) is 9.59 Å². The summed E-state index contributed by atoms with van der Waals surface area (Å²) in [5.74, 6) is 1.65. The fourth-order valence-electron chi connectivity index (χ4n) is 4.24. The van der Waals surface area contributed by atoms with Crippen molar-refractivity contribution in [3.8, 4) is 11.5 Å². The molecule has 0 bridgehead atoms. The summed E-state index contributed by atoms with van der Waals surface area (Å²) in [6.07, 6.45) is 7.29. The molecule has 190 valence electrons. The molecule has 0 aliphatic rings. The van der Waals surface area contributed by atoms with E-state index in [1.165, 1.54) is 13.8 Å². The maximum atomic E-state index is 11.1. The molecule has 4 aromatic rings. The lowest BCUT2D eigenvalue weighted by Gasteiger charge is -2.09. The fraction of sp³-hybridized carbons (Fsp3) is 0.357. The molecule has 0 unspecified atom stereocenters. The molecular formula is C28H34N4O4. The van der Waals surface area contributed by atoms with E-state index in [0.29, 0.717) is 26.3 Å². The molecular weight excluding hydrogens is 456 g/mol. The Labute approximate surface area is 210 Å². The lowest BCUT2D eigenvalue weighted by Crippen LogP contribution is -2.22. The molecule has 4 rings (SSSR count). The predicted molar refractivity (Wildman–Crippen MR) is 142 cm³/mol. The average molecular weight is 491 g/mol. The summed E-state index contributed by atoms with van der Waals surface area (Å²) >= 11 is 0. The number of fused-ring (bicyclic) bond motifs is 2. The molecule has 0 aliphatic carbocycles. The van der Waals surface area contributed by atoms with Crippen LogP contribution in [-0.4, -0.2) is 48.1 Å². The summed E-state index contributed by atoms with van der Waals surface area (Å²) in [7, 11) is 0. The number of carbonyl (C=O) groups excluding carboxylic acids is 2. The highest BCUT2D eigenvalue weighted by molar-refractivity contribution is 5.85. The zero-order valence-corrected chi connectivity index (χ0v) is 20.9. The van der Waals surface area contributed by atoms with Gasteiger partial charge in [-0.1, -0.05) is 0 Å². The first kappa shape index (κ1) is 25.2. The maximum Gasteiger partial charge on any atom is 0.216 e. The standard InChI is InChI=1S/C28H34N4O4/c1-19(33)29-11-9-21-17-31-27-7-5-23(15-25(21)27)35-13-3-4-14-36-24-6-8-28-26(16-24)22(18-32-28)10-12-30-20(2)34/h5-8,15-18,31-32H,3-4,9-14H2,1-2H3,(H,29,33)(H,30,34). The normalized spacial score (nSPS) is 11.1. The molecule has 0 saturated carbocycles. The SMILES string of the molecule is CC(=O)NCCc1c[nH]c2ccc(OCCCCOc3ccc4[nH]cc(CCNC(C)=O)c4c3)cc12. The minimum Gasteiger partial charge on any atom is -0.494 e. The van der Waals surface area contributed by atoms with Gasteiger partial charge < -0.3 is 30.1 Å². The van der Waals surface area contributed by atoms with Crippen LogP contribution in [0.25, 0.3) is 21.8 Å². The Morgan fingerprint density at radius 1 is 0.722 bits per heavy atom.